The number of anilines is 1. The number of halogens is 1. The van der Waals surface area contributed by atoms with Gasteiger partial charge in [-0.15, -0.1) is 0 Å². The molecule has 1 aromatic rings. The maximum absolute atomic E-state index is 13.9. The van der Waals surface area contributed by atoms with Crippen molar-refractivity contribution in [2.45, 2.75) is 39.7 Å². The van der Waals surface area contributed by atoms with Crippen LogP contribution in [0.25, 0.3) is 0 Å². The molecule has 1 atom stereocenters. The van der Waals surface area contributed by atoms with E-state index in [1.807, 2.05) is 6.92 Å². The highest BCUT2D eigenvalue weighted by Gasteiger charge is 2.21. The molecule has 0 spiro atoms. The third-order valence-corrected chi connectivity index (χ3v) is 3.60. The summed E-state index contributed by atoms with van der Waals surface area (Å²) < 4.78 is 18.9. The molecule has 0 aromatic heterocycles. The Morgan fingerprint density at radius 2 is 2.00 bits per heavy atom. The van der Waals surface area contributed by atoms with Gasteiger partial charge in [0.05, 0.1) is 23.8 Å². The van der Waals surface area contributed by atoms with Crippen LogP contribution in [0.4, 0.5) is 15.8 Å². The fraction of sp³-hybridized carbons (Fsp3) is 0.571. The third-order valence-electron chi connectivity index (χ3n) is 3.60. The van der Waals surface area contributed by atoms with Crippen LogP contribution in [0.5, 0.6) is 5.75 Å². The molecule has 0 aliphatic heterocycles. The van der Waals surface area contributed by atoms with Crippen LogP contribution >= 0.6 is 0 Å². The quantitative estimate of drug-likeness (QED) is 0.607. The summed E-state index contributed by atoms with van der Waals surface area (Å²) >= 11 is 0. The van der Waals surface area contributed by atoms with Crippen molar-refractivity contribution in [3.8, 4) is 5.75 Å². The van der Waals surface area contributed by atoms with Crippen LogP contribution in [0.1, 0.15) is 33.6 Å². The summed E-state index contributed by atoms with van der Waals surface area (Å²) in [5, 5.41) is 13.9. The highest BCUT2D eigenvalue weighted by atomic mass is 19.1. The molecule has 0 aliphatic rings. The van der Waals surface area contributed by atoms with Gasteiger partial charge >= 0.3 is 5.69 Å². The van der Waals surface area contributed by atoms with Gasteiger partial charge in [0.15, 0.2) is 11.6 Å². The molecule has 0 heterocycles. The number of nitro benzene ring substituents is 1. The normalized spacial score (nSPS) is 12.3. The summed E-state index contributed by atoms with van der Waals surface area (Å²) in [5.74, 6) is -0.179. The van der Waals surface area contributed by atoms with Gasteiger partial charge in [0.2, 0.25) is 0 Å². The fourth-order valence-corrected chi connectivity index (χ4v) is 2.32. The van der Waals surface area contributed by atoms with E-state index >= 15 is 0 Å². The molecule has 112 valence electrons. The molecular weight excluding hydrogens is 263 g/mol. The number of benzene rings is 1. The van der Waals surface area contributed by atoms with Gasteiger partial charge in [-0.05, 0) is 12.8 Å². The maximum Gasteiger partial charge on any atom is 0.313 e. The van der Waals surface area contributed by atoms with Crippen LogP contribution in [-0.4, -0.2) is 18.1 Å². The van der Waals surface area contributed by atoms with E-state index in [1.165, 1.54) is 13.2 Å². The Bertz CT molecular complexity index is 476. The van der Waals surface area contributed by atoms with Crippen LogP contribution in [0.3, 0.4) is 0 Å². The van der Waals surface area contributed by atoms with E-state index in [4.69, 9.17) is 4.74 Å². The number of ether oxygens (including phenoxy) is 1. The van der Waals surface area contributed by atoms with Gasteiger partial charge in [-0.3, -0.25) is 10.1 Å². The molecule has 20 heavy (non-hydrogen) atoms. The largest absolute Gasteiger partial charge is 0.490 e. The number of methoxy groups -OCH3 is 1. The minimum Gasteiger partial charge on any atom is -0.490 e. The summed E-state index contributed by atoms with van der Waals surface area (Å²) in [6.07, 6.45) is 1.97. The van der Waals surface area contributed by atoms with Crippen molar-refractivity contribution >= 4 is 11.4 Å². The molecule has 0 saturated heterocycles. The van der Waals surface area contributed by atoms with Crippen LogP contribution < -0.4 is 10.1 Å². The number of nitrogens with zero attached hydrogens (tertiary/aromatic N) is 1. The Morgan fingerprint density at radius 1 is 1.40 bits per heavy atom. The lowest BCUT2D eigenvalue weighted by Gasteiger charge is -2.24. The van der Waals surface area contributed by atoms with Gasteiger partial charge < -0.3 is 10.1 Å². The lowest BCUT2D eigenvalue weighted by Crippen LogP contribution is -2.25. The molecule has 0 amide bonds. The lowest BCUT2D eigenvalue weighted by molar-refractivity contribution is -0.385. The minimum atomic E-state index is -0.657. The van der Waals surface area contributed by atoms with Crippen LogP contribution in [0.2, 0.25) is 0 Å². The summed E-state index contributed by atoms with van der Waals surface area (Å²) in [6, 6.07) is 2.30. The van der Waals surface area contributed by atoms with E-state index in [0.717, 1.165) is 18.9 Å². The van der Waals surface area contributed by atoms with Crippen molar-refractivity contribution in [1.29, 1.82) is 0 Å². The predicted molar refractivity (Wildman–Crippen MR) is 76.8 cm³/mol. The van der Waals surface area contributed by atoms with Gasteiger partial charge in [-0.25, -0.2) is 4.39 Å². The van der Waals surface area contributed by atoms with Crippen LogP contribution in [-0.2, 0) is 0 Å². The molecule has 5 nitrogen and oxygen atoms in total. The van der Waals surface area contributed by atoms with E-state index in [0.29, 0.717) is 5.92 Å². The van der Waals surface area contributed by atoms with Gasteiger partial charge in [0, 0.05) is 12.1 Å². The Labute approximate surface area is 118 Å². The summed E-state index contributed by atoms with van der Waals surface area (Å²) in [5.41, 5.74) is -0.141. The van der Waals surface area contributed by atoms with Crippen molar-refractivity contribution < 1.29 is 14.1 Å². The van der Waals surface area contributed by atoms with Crippen molar-refractivity contribution in [3.63, 3.8) is 0 Å². The van der Waals surface area contributed by atoms with Crippen LogP contribution in [0.15, 0.2) is 12.1 Å². The Hall–Kier alpha value is -1.85. The van der Waals surface area contributed by atoms with E-state index < -0.39 is 10.7 Å². The zero-order valence-electron chi connectivity index (χ0n) is 12.3. The average molecular weight is 284 g/mol. The van der Waals surface area contributed by atoms with Gasteiger partial charge in [-0.2, -0.15) is 0 Å². The number of nitrogens with one attached hydrogen (secondary N) is 1. The van der Waals surface area contributed by atoms with E-state index in [1.54, 1.807) is 0 Å². The van der Waals surface area contributed by atoms with Crippen LogP contribution in [0, 0.1) is 21.8 Å². The van der Waals surface area contributed by atoms with E-state index in [9.17, 15) is 14.5 Å². The SMILES string of the molecule is CCC(CC)C(C)Nc1cc(OC)c([N+](=O)[O-])cc1F. The molecule has 1 N–H and O–H groups in total. The standard InChI is InChI=1S/C14H21FN2O3/c1-5-10(6-2)9(3)16-12-8-14(20-4)13(17(18)19)7-11(12)15/h7-10,16H,5-6H2,1-4H3. The number of rotatable bonds is 7. The molecule has 6 heteroatoms. The van der Waals surface area contributed by atoms with Crippen molar-refractivity contribution in [3.05, 3.63) is 28.1 Å². The Morgan fingerprint density at radius 3 is 2.45 bits per heavy atom. The molecule has 0 saturated carbocycles. The highest BCUT2D eigenvalue weighted by Crippen LogP contribution is 2.33. The first kappa shape index (κ1) is 16.2. The minimum absolute atomic E-state index is 0.0515. The molecule has 1 rings (SSSR count). The number of nitro groups is 1. The first-order valence-electron chi connectivity index (χ1n) is 6.72. The zero-order chi connectivity index (χ0) is 15.3. The number of hydrogen-bond acceptors (Lipinski definition) is 4. The molecule has 0 aliphatic carbocycles. The second kappa shape index (κ2) is 7.07. The fourth-order valence-electron chi connectivity index (χ4n) is 2.32. The summed E-state index contributed by atoms with van der Waals surface area (Å²) in [6.45, 7) is 6.14. The third kappa shape index (κ3) is 3.59. The lowest BCUT2D eigenvalue weighted by atomic mass is 9.95. The summed E-state index contributed by atoms with van der Waals surface area (Å²) in [4.78, 5) is 10.1. The molecule has 0 radical (unpaired) electrons. The second-order valence-corrected chi connectivity index (χ2v) is 4.77. The molecule has 0 bridgehead atoms. The average Bonchev–Trinajstić information content (AvgIpc) is 2.41. The van der Waals surface area contributed by atoms with E-state index in [2.05, 4.69) is 19.2 Å². The Balaban J connectivity index is 3.04. The van der Waals surface area contributed by atoms with Crippen molar-refractivity contribution in [1.82, 2.24) is 0 Å². The predicted octanol–water partition coefficient (Wildman–Crippen LogP) is 3.98. The van der Waals surface area contributed by atoms with Gasteiger partial charge in [0.1, 0.15) is 0 Å². The first-order valence-corrected chi connectivity index (χ1v) is 6.72. The summed E-state index contributed by atoms with van der Waals surface area (Å²) in [7, 11) is 1.33. The van der Waals surface area contributed by atoms with Gasteiger partial charge in [-0.1, -0.05) is 26.7 Å². The van der Waals surface area contributed by atoms with Gasteiger partial charge in [0.25, 0.3) is 0 Å². The Kier molecular flexibility index (Phi) is 5.73. The highest BCUT2D eigenvalue weighted by molar-refractivity contribution is 5.59. The first-order chi connectivity index (χ1) is 9.44. The molecule has 1 aromatic carbocycles. The smallest absolute Gasteiger partial charge is 0.313 e. The molecule has 0 fully saturated rings. The van der Waals surface area contributed by atoms with Crippen molar-refractivity contribution in [2.24, 2.45) is 5.92 Å². The topological polar surface area (TPSA) is 64.4 Å². The molecule has 1 unspecified atom stereocenters. The number of hydrogen-bond donors (Lipinski definition) is 1. The molecular formula is C14H21FN2O3. The maximum atomic E-state index is 13.9. The monoisotopic (exact) mass is 284 g/mol. The van der Waals surface area contributed by atoms with Crippen molar-refractivity contribution in [2.75, 3.05) is 12.4 Å². The van der Waals surface area contributed by atoms with E-state index in [-0.39, 0.29) is 23.2 Å². The second-order valence-electron chi connectivity index (χ2n) is 4.77. The zero-order valence-corrected chi connectivity index (χ0v) is 12.3.